The van der Waals surface area contributed by atoms with E-state index >= 15 is 0 Å². The SMILES string of the molecule is Cc1ccc([N+](=O)[O-])cc1S(=O)(=O)N1CCN(Cn2nc3n(c2=O)CCCCC3)CC1. The first-order chi connectivity index (χ1) is 14.8. The number of benzene rings is 1. The molecule has 0 atom stereocenters. The van der Waals surface area contributed by atoms with E-state index in [1.54, 1.807) is 11.5 Å². The highest BCUT2D eigenvalue weighted by Gasteiger charge is 2.31. The van der Waals surface area contributed by atoms with Crippen molar-refractivity contribution in [3.8, 4) is 0 Å². The van der Waals surface area contributed by atoms with Gasteiger partial charge < -0.3 is 0 Å². The lowest BCUT2D eigenvalue weighted by atomic mass is 10.2. The van der Waals surface area contributed by atoms with E-state index in [0.29, 0.717) is 31.9 Å². The van der Waals surface area contributed by atoms with E-state index in [4.69, 9.17) is 0 Å². The molecule has 1 fully saturated rings. The lowest BCUT2D eigenvalue weighted by molar-refractivity contribution is -0.385. The van der Waals surface area contributed by atoms with Gasteiger partial charge in [-0.05, 0) is 25.3 Å². The molecule has 31 heavy (non-hydrogen) atoms. The van der Waals surface area contributed by atoms with Crippen molar-refractivity contribution in [3.63, 3.8) is 0 Å². The van der Waals surface area contributed by atoms with Gasteiger partial charge in [0.15, 0.2) is 0 Å². The second-order valence-electron chi connectivity index (χ2n) is 8.03. The number of sulfonamides is 1. The van der Waals surface area contributed by atoms with Gasteiger partial charge in [0.25, 0.3) is 5.69 Å². The van der Waals surface area contributed by atoms with Crippen molar-refractivity contribution < 1.29 is 13.3 Å². The Labute approximate surface area is 180 Å². The zero-order valence-corrected chi connectivity index (χ0v) is 18.3. The number of nitro benzene ring substituents is 1. The predicted octanol–water partition coefficient (Wildman–Crippen LogP) is 0.952. The molecule has 3 heterocycles. The Morgan fingerprint density at radius 2 is 1.84 bits per heavy atom. The minimum atomic E-state index is -3.85. The van der Waals surface area contributed by atoms with Crippen LogP contribution >= 0.6 is 0 Å². The highest BCUT2D eigenvalue weighted by Crippen LogP contribution is 2.25. The van der Waals surface area contributed by atoms with Crippen LogP contribution in [0.2, 0.25) is 0 Å². The molecule has 168 valence electrons. The van der Waals surface area contributed by atoms with Gasteiger partial charge in [0.2, 0.25) is 10.0 Å². The third-order valence-electron chi connectivity index (χ3n) is 5.95. The zero-order chi connectivity index (χ0) is 22.2. The van der Waals surface area contributed by atoms with E-state index in [2.05, 4.69) is 5.10 Å². The Bertz CT molecular complexity index is 1150. The molecule has 2 aromatic rings. The number of nitro groups is 1. The van der Waals surface area contributed by atoms with E-state index in [9.17, 15) is 23.3 Å². The number of piperazine rings is 1. The van der Waals surface area contributed by atoms with E-state index in [1.165, 1.54) is 21.1 Å². The molecule has 0 bridgehead atoms. The number of non-ortho nitro benzene ring substituents is 1. The van der Waals surface area contributed by atoms with Gasteiger partial charge in [0.05, 0.1) is 16.5 Å². The maximum atomic E-state index is 13.1. The molecule has 0 unspecified atom stereocenters. The van der Waals surface area contributed by atoms with Crippen LogP contribution in [0.5, 0.6) is 0 Å². The maximum absolute atomic E-state index is 13.1. The van der Waals surface area contributed by atoms with Gasteiger partial charge in [0, 0.05) is 51.3 Å². The molecular formula is C19H26N6O5S. The second kappa shape index (κ2) is 8.52. The molecule has 0 N–H and O–H groups in total. The molecule has 1 saturated heterocycles. The number of nitrogens with zero attached hydrogens (tertiary/aromatic N) is 6. The highest BCUT2D eigenvalue weighted by molar-refractivity contribution is 7.89. The zero-order valence-electron chi connectivity index (χ0n) is 17.4. The molecule has 1 aromatic carbocycles. The van der Waals surface area contributed by atoms with Gasteiger partial charge in [0.1, 0.15) is 5.82 Å². The van der Waals surface area contributed by atoms with Crippen LogP contribution in [0.25, 0.3) is 0 Å². The molecule has 12 heteroatoms. The third kappa shape index (κ3) is 4.27. The molecule has 0 spiro atoms. The van der Waals surface area contributed by atoms with E-state index < -0.39 is 14.9 Å². The van der Waals surface area contributed by atoms with Gasteiger partial charge in [-0.25, -0.2) is 13.2 Å². The summed E-state index contributed by atoms with van der Waals surface area (Å²) < 4.78 is 30.7. The summed E-state index contributed by atoms with van der Waals surface area (Å²) in [7, 11) is -3.85. The Morgan fingerprint density at radius 1 is 1.10 bits per heavy atom. The Hall–Kier alpha value is -2.57. The molecule has 1 aromatic heterocycles. The summed E-state index contributed by atoms with van der Waals surface area (Å²) in [6.07, 6.45) is 3.91. The fourth-order valence-corrected chi connectivity index (χ4v) is 5.80. The lowest BCUT2D eigenvalue weighted by Gasteiger charge is -2.33. The largest absolute Gasteiger partial charge is 0.347 e. The first-order valence-electron chi connectivity index (χ1n) is 10.4. The van der Waals surface area contributed by atoms with Crippen LogP contribution in [0.4, 0.5) is 5.69 Å². The summed E-state index contributed by atoms with van der Waals surface area (Å²) >= 11 is 0. The number of aryl methyl sites for hydroxylation is 2. The summed E-state index contributed by atoms with van der Waals surface area (Å²) in [5.41, 5.74) is 0.111. The van der Waals surface area contributed by atoms with Crippen molar-refractivity contribution in [2.24, 2.45) is 0 Å². The molecule has 0 saturated carbocycles. The van der Waals surface area contributed by atoms with Crippen LogP contribution in [-0.4, -0.2) is 63.1 Å². The van der Waals surface area contributed by atoms with Gasteiger partial charge in [-0.3, -0.25) is 19.6 Å². The molecule has 2 aliphatic heterocycles. The molecule has 2 aliphatic rings. The number of fused-ring (bicyclic) bond motifs is 1. The maximum Gasteiger partial charge on any atom is 0.347 e. The van der Waals surface area contributed by atoms with Gasteiger partial charge in [-0.1, -0.05) is 12.5 Å². The first kappa shape index (κ1) is 21.7. The van der Waals surface area contributed by atoms with Crippen molar-refractivity contribution in [1.29, 1.82) is 0 Å². The third-order valence-corrected chi connectivity index (χ3v) is 7.99. The summed E-state index contributed by atoms with van der Waals surface area (Å²) in [5, 5.41) is 15.5. The number of rotatable bonds is 5. The number of hydrogen-bond acceptors (Lipinski definition) is 7. The topological polar surface area (TPSA) is 124 Å². The van der Waals surface area contributed by atoms with E-state index in [-0.39, 0.29) is 29.4 Å². The van der Waals surface area contributed by atoms with Crippen LogP contribution in [0.3, 0.4) is 0 Å². The quantitative estimate of drug-likeness (QED) is 0.491. The number of hydrogen-bond donors (Lipinski definition) is 0. The second-order valence-corrected chi connectivity index (χ2v) is 9.94. The monoisotopic (exact) mass is 450 g/mol. The highest BCUT2D eigenvalue weighted by atomic mass is 32.2. The summed E-state index contributed by atoms with van der Waals surface area (Å²) in [6.45, 7) is 4.02. The van der Waals surface area contributed by atoms with Gasteiger partial charge in [-0.15, -0.1) is 0 Å². The van der Waals surface area contributed by atoms with Gasteiger partial charge >= 0.3 is 5.69 Å². The minimum absolute atomic E-state index is 0.0378. The standard InChI is InChI=1S/C19H26N6O5S/c1-15-6-7-16(25(27)28)13-17(15)31(29,30)22-11-9-21(10-12-22)14-24-19(26)23-8-4-2-3-5-18(23)20-24/h6-7,13H,2-5,8-12,14H2,1H3. The van der Waals surface area contributed by atoms with Crippen molar-refractivity contribution in [2.75, 3.05) is 26.2 Å². The van der Waals surface area contributed by atoms with Crippen LogP contribution in [-0.2, 0) is 29.7 Å². The molecule has 0 amide bonds. The predicted molar refractivity (Wildman–Crippen MR) is 112 cm³/mol. The van der Waals surface area contributed by atoms with Crippen molar-refractivity contribution >= 4 is 15.7 Å². The van der Waals surface area contributed by atoms with E-state index in [0.717, 1.165) is 37.6 Å². The Morgan fingerprint density at radius 3 is 2.55 bits per heavy atom. The molecule has 0 aliphatic carbocycles. The fourth-order valence-electron chi connectivity index (χ4n) is 4.14. The van der Waals surface area contributed by atoms with Crippen LogP contribution in [0.1, 0.15) is 30.7 Å². The molecule has 4 rings (SSSR count). The van der Waals surface area contributed by atoms with E-state index in [1.807, 2.05) is 4.90 Å². The molecule has 11 nitrogen and oxygen atoms in total. The van der Waals surface area contributed by atoms with Crippen LogP contribution in [0, 0.1) is 17.0 Å². The average Bonchev–Trinajstić information content (AvgIpc) is 2.90. The molecule has 0 radical (unpaired) electrons. The summed E-state index contributed by atoms with van der Waals surface area (Å²) in [5.74, 6) is 0.824. The molecular weight excluding hydrogens is 424 g/mol. The van der Waals surface area contributed by atoms with Gasteiger partial charge in [-0.2, -0.15) is 14.1 Å². The minimum Gasteiger partial charge on any atom is -0.282 e. The summed E-state index contributed by atoms with van der Waals surface area (Å²) in [6, 6.07) is 3.88. The normalized spacial score (nSPS) is 18.5. The van der Waals surface area contributed by atoms with Crippen molar-refractivity contribution in [2.45, 2.75) is 50.7 Å². The smallest absolute Gasteiger partial charge is 0.282 e. The Kier molecular flexibility index (Phi) is 5.95. The Balaban J connectivity index is 1.45. The first-order valence-corrected chi connectivity index (χ1v) is 11.9. The van der Waals surface area contributed by atoms with Crippen LogP contribution in [0.15, 0.2) is 27.9 Å². The average molecular weight is 451 g/mol. The summed E-state index contributed by atoms with van der Waals surface area (Å²) in [4.78, 5) is 25.1. The van der Waals surface area contributed by atoms with Crippen molar-refractivity contribution in [3.05, 3.63) is 50.2 Å². The van der Waals surface area contributed by atoms with Crippen LogP contribution < -0.4 is 5.69 Å². The lowest BCUT2D eigenvalue weighted by Crippen LogP contribution is -2.49. The fraction of sp³-hybridized carbons (Fsp3) is 0.579. The van der Waals surface area contributed by atoms with Crippen molar-refractivity contribution in [1.82, 2.24) is 23.6 Å². The number of aromatic nitrogens is 3.